The quantitative estimate of drug-likeness (QED) is 0.581. The van der Waals surface area contributed by atoms with E-state index in [1.165, 1.54) is 6.92 Å². The fourth-order valence-corrected chi connectivity index (χ4v) is 5.93. The van der Waals surface area contributed by atoms with Crippen LogP contribution in [0.1, 0.15) is 30.1 Å². The van der Waals surface area contributed by atoms with Crippen LogP contribution in [0.4, 0.5) is 5.69 Å². The van der Waals surface area contributed by atoms with Gasteiger partial charge >= 0.3 is 0 Å². The van der Waals surface area contributed by atoms with E-state index in [-0.39, 0.29) is 30.2 Å². The highest BCUT2D eigenvalue weighted by Crippen LogP contribution is 2.40. The van der Waals surface area contributed by atoms with E-state index in [2.05, 4.69) is 4.90 Å². The Morgan fingerprint density at radius 1 is 0.821 bits per heavy atom. The smallest absolute Gasteiger partial charge is 0.257 e. The predicted octanol–water partition coefficient (Wildman–Crippen LogP) is 1.67. The van der Waals surface area contributed by atoms with Gasteiger partial charge in [0.2, 0.25) is 11.8 Å². The van der Waals surface area contributed by atoms with E-state index >= 15 is 0 Å². The number of nitrogens with zero attached hydrogens (tertiary/aromatic N) is 5. The van der Waals surface area contributed by atoms with Crippen LogP contribution in [0.2, 0.25) is 0 Å². The van der Waals surface area contributed by atoms with E-state index in [1.807, 2.05) is 42.5 Å². The van der Waals surface area contributed by atoms with Crippen molar-refractivity contribution < 1.29 is 23.9 Å². The number of anilines is 1. The SMILES string of the molecule is COc1ccccc1C(=O)N1CCC2(CC1)C(=O)N(CC(=O)N1CCN(C(C)=O)CC1)CN2c1ccccc1. The number of benzene rings is 2. The molecule has 0 radical (unpaired) electrons. The van der Waals surface area contributed by atoms with E-state index in [9.17, 15) is 19.2 Å². The van der Waals surface area contributed by atoms with Crippen LogP contribution in [0.3, 0.4) is 0 Å². The second-order valence-corrected chi connectivity index (χ2v) is 10.3. The molecular formula is C29H35N5O5. The van der Waals surface area contributed by atoms with Crippen molar-refractivity contribution in [2.45, 2.75) is 25.3 Å². The van der Waals surface area contributed by atoms with Crippen molar-refractivity contribution in [3.05, 3.63) is 60.2 Å². The highest BCUT2D eigenvalue weighted by Gasteiger charge is 2.54. The first kappa shape index (κ1) is 26.5. The van der Waals surface area contributed by atoms with Crippen molar-refractivity contribution >= 4 is 29.3 Å². The minimum Gasteiger partial charge on any atom is -0.496 e. The zero-order valence-electron chi connectivity index (χ0n) is 22.5. The first-order valence-electron chi connectivity index (χ1n) is 13.4. The molecule has 0 bridgehead atoms. The summed E-state index contributed by atoms with van der Waals surface area (Å²) in [6.07, 6.45) is 0.924. The minimum atomic E-state index is -0.827. The van der Waals surface area contributed by atoms with Gasteiger partial charge in [-0.1, -0.05) is 30.3 Å². The maximum Gasteiger partial charge on any atom is 0.257 e. The van der Waals surface area contributed by atoms with Gasteiger partial charge in [0.15, 0.2) is 0 Å². The molecule has 10 heteroatoms. The molecule has 5 rings (SSSR count). The lowest BCUT2D eigenvalue weighted by atomic mass is 9.85. The predicted molar refractivity (Wildman–Crippen MR) is 145 cm³/mol. The topological polar surface area (TPSA) is 93.7 Å². The molecule has 4 amide bonds. The number of para-hydroxylation sites is 2. The summed E-state index contributed by atoms with van der Waals surface area (Å²) in [6, 6.07) is 16.9. The van der Waals surface area contributed by atoms with E-state index in [0.717, 1.165) is 5.69 Å². The number of piperazine rings is 1. The molecule has 0 aliphatic carbocycles. The first-order chi connectivity index (χ1) is 18.8. The molecule has 2 aromatic rings. The summed E-state index contributed by atoms with van der Waals surface area (Å²) in [7, 11) is 1.55. The van der Waals surface area contributed by atoms with E-state index in [4.69, 9.17) is 4.74 Å². The molecular weight excluding hydrogens is 498 g/mol. The molecule has 0 N–H and O–H groups in total. The van der Waals surface area contributed by atoms with Gasteiger partial charge in [-0.2, -0.15) is 0 Å². The lowest BCUT2D eigenvalue weighted by Gasteiger charge is -2.43. The lowest BCUT2D eigenvalue weighted by Crippen LogP contribution is -2.57. The Morgan fingerprint density at radius 3 is 2.08 bits per heavy atom. The Balaban J connectivity index is 1.32. The zero-order chi connectivity index (χ0) is 27.6. The van der Waals surface area contributed by atoms with Crippen molar-refractivity contribution in [2.24, 2.45) is 0 Å². The van der Waals surface area contributed by atoms with Crippen molar-refractivity contribution in [1.82, 2.24) is 19.6 Å². The van der Waals surface area contributed by atoms with Gasteiger partial charge in [0.05, 0.1) is 19.3 Å². The van der Waals surface area contributed by atoms with Crippen molar-refractivity contribution in [3.63, 3.8) is 0 Å². The van der Waals surface area contributed by atoms with Crippen molar-refractivity contribution in [3.8, 4) is 5.75 Å². The van der Waals surface area contributed by atoms with Gasteiger partial charge in [0, 0.05) is 51.9 Å². The van der Waals surface area contributed by atoms with E-state index < -0.39 is 5.54 Å². The number of piperidine rings is 1. The summed E-state index contributed by atoms with van der Waals surface area (Å²) in [5.41, 5.74) is 0.595. The Hall–Kier alpha value is -4.08. The largest absolute Gasteiger partial charge is 0.496 e. The number of hydrogen-bond donors (Lipinski definition) is 0. The Kier molecular flexibility index (Phi) is 7.45. The van der Waals surface area contributed by atoms with Gasteiger partial charge in [0.25, 0.3) is 11.8 Å². The molecule has 3 saturated heterocycles. The molecule has 3 fully saturated rings. The first-order valence-corrected chi connectivity index (χ1v) is 13.4. The van der Waals surface area contributed by atoms with E-state index in [1.54, 1.807) is 38.8 Å². The number of ether oxygens (including phenoxy) is 1. The number of amides is 4. The third kappa shape index (κ3) is 5.03. The summed E-state index contributed by atoms with van der Waals surface area (Å²) in [5, 5.41) is 0. The van der Waals surface area contributed by atoms with Crippen LogP contribution in [-0.4, -0.2) is 108 Å². The molecule has 0 atom stereocenters. The molecule has 10 nitrogen and oxygen atoms in total. The van der Waals surface area contributed by atoms with Crippen molar-refractivity contribution in [2.75, 3.05) is 64.5 Å². The molecule has 2 aromatic carbocycles. The second kappa shape index (κ2) is 11.0. The van der Waals surface area contributed by atoms with Crippen LogP contribution >= 0.6 is 0 Å². The molecule has 0 aromatic heterocycles. The Labute approximate surface area is 228 Å². The molecule has 206 valence electrons. The van der Waals surface area contributed by atoms with Gasteiger partial charge in [0.1, 0.15) is 17.8 Å². The number of carbonyl (C=O) groups is 4. The van der Waals surface area contributed by atoms with Crippen LogP contribution in [0, 0.1) is 0 Å². The third-order valence-corrected chi connectivity index (χ3v) is 8.20. The molecule has 3 aliphatic heterocycles. The van der Waals surface area contributed by atoms with Crippen LogP contribution in [0.15, 0.2) is 54.6 Å². The number of methoxy groups -OCH3 is 1. The highest BCUT2D eigenvalue weighted by atomic mass is 16.5. The maximum atomic E-state index is 14.0. The van der Waals surface area contributed by atoms with Gasteiger partial charge < -0.3 is 29.2 Å². The summed E-state index contributed by atoms with van der Waals surface area (Å²) in [5.74, 6) is 0.231. The molecule has 39 heavy (non-hydrogen) atoms. The summed E-state index contributed by atoms with van der Waals surface area (Å²) in [6.45, 7) is 4.61. The fraction of sp³-hybridized carbons (Fsp3) is 0.448. The average Bonchev–Trinajstić information content (AvgIpc) is 3.23. The van der Waals surface area contributed by atoms with Crippen LogP contribution in [0.5, 0.6) is 5.75 Å². The Morgan fingerprint density at radius 2 is 1.44 bits per heavy atom. The fourth-order valence-electron chi connectivity index (χ4n) is 5.93. The molecule has 3 heterocycles. The van der Waals surface area contributed by atoms with Crippen LogP contribution in [0.25, 0.3) is 0 Å². The molecule has 1 spiro atoms. The van der Waals surface area contributed by atoms with E-state index in [0.29, 0.717) is 70.1 Å². The maximum absolute atomic E-state index is 14.0. The number of likely N-dealkylation sites (tertiary alicyclic amines) is 1. The van der Waals surface area contributed by atoms with Gasteiger partial charge in [-0.15, -0.1) is 0 Å². The number of rotatable bonds is 5. The Bertz CT molecular complexity index is 1240. The number of hydrogen-bond acceptors (Lipinski definition) is 6. The monoisotopic (exact) mass is 533 g/mol. The molecule has 3 aliphatic rings. The minimum absolute atomic E-state index is 0.00610. The van der Waals surface area contributed by atoms with Crippen molar-refractivity contribution in [1.29, 1.82) is 0 Å². The van der Waals surface area contributed by atoms with Gasteiger partial charge in [-0.25, -0.2) is 0 Å². The summed E-state index contributed by atoms with van der Waals surface area (Å²) < 4.78 is 5.39. The lowest BCUT2D eigenvalue weighted by molar-refractivity contribution is -0.143. The molecule has 0 saturated carbocycles. The molecule has 0 unspecified atom stereocenters. The average molecular weight is 534 g/mol. The standard InChI is InChI=1S/C29H35N5O5/c1-22(35)30-16-18-31(19-17-30)26(36)20-33-21-34(23-8-4-3-5-9-23)29(28(33)38)12-14-32(15-13-29)27(37)24-10-6-7-11-25(24)39-2/h3-11H,12-21H2,1-2H3. The third-order valence-electron chi connectivity index (χ3n) is 8.20. The normalized spacial score (nSPS) is 19.0. The second-order valence-electron chi connectivity index (χ2n) is 10.3. The zero-order valence-corrected chi connectivity index (χ0v) is 22.5. The van der Waals surface area contributed by atoms with Crippen LogP contribution < -0.4 is 9.64 Å². The summed E-state index contributed by atoms with van der Waals surface area (Å²) >= 11 is 0. The highest BCUT2D eigenvalue weighted by molar-refractivity contribution is 5.99. The van der Waals surface area contributed by atoms with Crippen LogP contribution in [-0.2, 0) is 14.4 Å². The van der Waals surface area contributed by atoms with Gasteiger partial charge in [-0.3, -0.25) is 19.2 Å². The summed E-state index contributed by atoms with van der Waals surface area (Å²) in [4.78, 5) is 61.2. The number of carbonyl (C=O) groups excluding carboxylic acids is 4. The van der Waals surface area contributed by atoms with Gasteiger partial charge in [-0.05, 0) is 37.1 Å².